The second-order valence-corrected chi connectivity index (χ2v) is 8.45. The fourth-order valence-corrected chi connectivity index (χ4v) is 3.16. The minimum absolute atomic E-state index is 0.0107. The number of hydrogen-bond acceptors (Lipinski definition) is 4. The number of likely N-dealkylation sites (N-methyl/N-ethyl adjacent to an activating group) is 1. The molecule has 1 fully saturated rings. The van der Waals surface area contributed by atoms with Crippen molar-refractivity contribution in [2.75, 3.05) is 33.2 Å². The van der Waals surface area contributed by atoms with E-state index in [9.17, 15) is 9.59 Å². The topological polar surface area (TPSA) is 65.8 Å². The molecule has 0 spiro atoms. The van der Waals surface area contributed by atoms with Crippen molar-refractivity contribution in [1.82, 2.24) is 15.1 Å². The standard InChI is InChI=1S/C23H29N3O3/c1-23(2,3)18-9-7-17(8-10-18)21(27)24-20(16-19-6-5-15-29-19)22(28)26-13-11-25(4)12-14-26/h5-10,15-16H,11-14H2,1-4H3,(H,24,27). The molecule has 1 aliphatic rings. The van der Waals surface area contributed by atoms with Crippen molar-refractivity contribution in [1.29, 1.82) is 0 Å². The van der Waals surface area contributed by atoms with E-state index in [4.69, 9.17) is 4.42 Å². The van der Waals surface area contributed by atoms with Crippen molar-refractivity contribution >= 4 is 17.9 Å². The van der Waals surface area contributed by atoms with Gasteiger partial charge in [-0.3, -0.25) is 9.59 Å². The zero-order valence-corrected chi connectivity index (χ0v) is 17.6. The Hall–Kier alpha value is -2.86. The first-order valence-electron chi connectivity index (χ1n) is 9.89. The van der Waals surface area contributed by atoms with Crippen molar-refractivity contribution in [2.24, 2.45) is 0 Å². The summed E-state index contributed by atoms with van der Waals surface area (Å²) in [4.78, 5) is 29.8. The Balaban J connectivity index is 1.79. The second kappa shape index (κ2) is 8.66. The van der Waals surface area contributed by atoms with Crippen LogP contribution in [0, 0.1) is 0 Å². The minimum atomic E-state index is -0.314. The summed E-state index contributed by atoms with van der Waals surface area (Å²) in [6.07, 6.45) is 3.12. The van der Waals surface area contributed by atoms with Gasteiger partial charge in [-0.1, -0.05) is 32.9 Å². The molecule has 0 saturated carbocycles. The lowest BCUT2D eigenvalue weighted by atomic mass is 9.87. The van der Waals surface area contributed by atoms with Crippen molar-refractivity contribution in [3.05, 3.63) is 65.2 Å². The molecular formula is C23H29N3O3. The summed E-state index contributed by atoms with van der Waals surface area (Å²) in [5.74, 6) is 0.00534. The minimum Gasteiger partial charge on any atom is -0.465 e. The lowest BCUT2D eigenvalue weighted by molar-refractivity contribution is -0.128. The molecule has 29 heavy (non-hydrogen) atoms. The Bertz CT molecular complexity index is 869. The van der Waals surface area contributed by atoms with E-state index in [1.165, 1.54) is 6.26 Å². The van der Waals surface area contributed by atoms with Gasteiger partial charge in [0.2, 0.25) is 0 Å². The van der Waals surface area contributed by atoms with Crippen LogP contribution in [0.2, 0.25) is 0 Å². The van der Waals surface area contributed by atoms with Gasteiger partial charge in [-0.25, -0.2) is 0 Å². The molecule has 1 aromatic carbocycles. The molecule has 1 aromatic heterocycles. The fraction of sp³-hybridized carbons (Fsp3) is 0.391. The van der Waals surface area contributed by atoms with E-state index < -0.39 is 0 Å². The van der Waals surface area contributed by atoms with E-state index in [1.54, 1.807) is 35.2 Å². The molecule has 154 valence electrons. The van der Waals surface area contributed by atoms with Gasteiger partial charge in [0.1, 0.15) is 11.5 Å². The van der Waals surface area contributed by atoms with Crippen molar-refractivity contribution in [3.8, 4) is 0 Å². The van der Waals surface area contributed by atoms with Gasteiger partial charge in [0.15, 0.2) is 0 Å². The Labute approximate surface area is 172 Å². The smallest absolute Gasteiger partial charge is 0.270 e. The molecular weight excluding hydrogens is 366 g/mol. The highest BCUT2D eigenvalue weighted by Crippen LogP contribution is 2.22. The Morgan fingerprint density at radius 2 is 1.69 bits per heavy atom. The highest BCUT2D eigenvalue weighted by atomic mass is 16.3. The number of piperazine rings is 1. The van der Waals surface area contributed by atoms with Crippen LogP contribution in [0.3, 0.4) is 0 Å². The van der Waals surface area contributed by atoms with Crippen molar-refractivity contribution in [3.63, 3.8) is 0 Å². The lowest BCUT2D eigenvalue weighted by Crippen LogP contribution is -2.49. The van der Waals surface area contributed by atoms with Gasteiger partial charge in [0.05, 0.1) is 6.26 Å². The van der Waals surface area contributed by atoms with E-state index in [-0.39, 0.29) is 22.9 Å². The quantitative estimate of drug-likeness (QED) is 0.808. The summed E-state index contributed by atoms with van der Waals surface area (Å²) < 4.78 is 5.35. The normalized spacial score (nSPS) is 16.0. The van der Waals surface area contributed by atoms with Gasteiger partial charge >= 0.3 is 0 Å². The van der Waals surface area contributed by atoms with Crippen LogP contribution in [0.15, 0.2) is 52.8 Å². The van der Waals surface area contributed by atoms with E-state index in [0.29, 0.717) is 24.4 Å². The number of carbonyl (C=O) groups is 2. The molecule has 0 unspecified atom stereocenters. The molecule has 0 aliphatic carbocycles. The number of hydrogen-bond donors (Lipinski definition) is 1. The predicted octanol–water partition coefficient (Wildman–Crippen LogP) is 3.12. The number of amides is 2. The van der Waals surface area contributed by atoms with E-state index >= 15 is 0 Å². The average Bonchev–Trinajstić information content (AvgIpc) is 3.20. The maximum absolute atomic E-state index is 13.1. The van der Waals surface area contributed by atoms with Crippen molar-refractivity contribution < 1.29 is 14.0 Å². The van der Waals surface area contributed by atoms with Crippen LogP contribution in [-0.4, -0.2) is 54.8 Å². The van der Waals surface area contributed by atoms with Gasteiger partial charge in [-0.15, -0.1) is 0 Å². The Morgan fingerprint density at radius 1 is 1.03 bits per heavy atom. The summed E-state index contributed by atoms with van der Waals surface area (Å²) in [6, 6.07) is 11.0. The van der Waals surface area contributed by atoms with Crippen LogP contribution in [0.5, 0.6) is 0 Å². The summed E-state index contributed by atoms with van der Waals surface area (Å²) in [6.45, 7) is 9.24. The van der Waals surface area contributed by atoms with Gasteiger partial charge in [0, 0.05) is 37.8 Å². The fourth-order valence-electron chi connectivity index (χ4n) is 3.16. The molecule has 2 amide bonds. The van der Waals surface area contributed by atoms with Crippen LogP contribution in [0.1, 0.15) is 42.5 Å². The van der Waals surface area contributed by atoms with Crippen molar-refractivity contribution in [2.45, 2.75) is 26.2 Å². The first-order valence-corrected chi connectivity index (χ1v) is 9.89. The van der Waals surface area contributed by atoms with Crippen LogP contribution in [0.4, 0.5) is 0 Å². The molecule has 3 rings (SSSR count). The molecule has 2 heterocycles. The van der Waals surface area contributed by atoms with Crippen LogP contribution in [0.25, 0.3) is 6.08 Å². The maximum Gasteiger partial charge on any atom is 0.270 e. The average molecular weight is 396 g/mol. The molecule has 6 nitrogen and oxygen atoms in total. The largest absolute Gasteiger partial charge is 0.465 e. The maximum atomic E-state index is 13.1. The van der Waals surface area contributed by atoms with Crippen LogP contribution >= 0.6 is 0 Å². The summed E-state index contributed by atoms with van der Waals surface area (Å²) in [5.41, 5.74) is 1.88. The van der Waals surface area contributed by atoms with Gasteiger partial charge < -0.3 is 19.5 Å². The molecule has 2 aromatic rings. The zero-order valence-electron chi connectivity index (χ0n) is 17.6. The highest BCUT2D eigenvalue weighted by Gasteiger charge is 2.24. The Kier molecular flexibility index (Phi) is 6.23. The SMILES string of the molecule is CN1CCN(C(=O)C(=Cc2ccco2)NC(=O)c2ccc(C(C)(C)C)cc2)CC1. The van der Waals surface area contributed by atoms with E-state index in [2.05, 4.69) is 31.0 Å². The molecule has 6 heteroatoms. The molecule has 0 bridgehead atoms. The molecule has 1 saturated heterocycles. The molecule has 0 radical (unpaired) electrons. The summed E-state index contributed by atoms with van der Waals surface area (Å²) in [5, 5.41) is 2.80. The number of nitrogens with zero attached hydrogens (tertiary/aromatic N) is 2. The summed E-state index contributed by atoms with van der Waals surface area (Å²) in [7, 11) is 2.03. The molecule has 1 N–H and O–H groups in total. The van der Waals surface area contributed by atoms with Gasteiger partial charge in [0.25, 0.3) is 11.8 Å². The molecule has 0 atom stereocenters. The number of rotatable bonds is 4. The number of furan rings is 1. The Morgan fingerprint density at radius 3 is 2.24 bits per heavy atom. The third kappa shape index (κ3) is 5.35. The van der Waals surface area contributed by atoms with E-state index in [1.807, 2.05) is 19.2 Å². The third-order valence-electron chi connectivity index (χ3n) is 5.11. The number of nitrogens with one attached hydrogen (secondary N) is 1. The molecule has 1 aliphatic heterocycles. The number of carbonyl (C=O) groups excluding carboxylic acids is 2. The first-order chi connectivity index (χ1) is 13.7. The zero-order chi connectivity index (χ0) is 21.0. The monoisotopic (exact) mass is 395 g/mol. The second-order valence-electron chi connectivity index (χ2n) is 8.45. The van der Waals surface area contributed by atoms with E-state index in [0.717, 1.165) is 18.7 Å². The van der Waals surface area contributed by atoms with Crippen LogP contribution in [-0.2, 0) is 10.2 Å². The highest BCUT2D eigenvalue weighted by molar-refractivity contribution is 6.05. The summed E-state index contributed by atoms with van der Waals surface area (Å²) >= 11 is 0. The predicted molar refractivity (Wildman–Crippen MR) is 113 cm³/mol. The van der Waals surface area contributed by atoms with Gasteiger partial charge in [-0.2, -0.15) is 0 Å². The lowest BCUT2D eigenvalue weighted by Gasteiger charge is -2.33. The number of benzene rings is 1. The third-order valence-corrected chi connectivity index (χ3v) is 5.11. The van der Waals surface area contributed by atoms with Crippen LogP contribution < -0.4 is 5.32 Å². The first kappa shape index (κ1) is 20.9. The van der Waals surface area contributed by atoms with Gasteiger partial charge in [-0.05, 0) is 42.3 Å².